The molecule has 45 heavy (non-hydrogen) atoms. The van der Waals surface area contributed by atoms with Crippen LogP contribution in [0.15, 0.2) is 86.5 Å². The van der Waals surface area contributed by atoms with Crippen LogP contribution in [0.25, 0.3) is 17.7 Å². The molecule has 0 amide bonds. The Morgan fingerprint density at radius 2 is 1.31 bits per heavy atom. The second-order valence-electron chi connectivity index (χ2n) is 9.29. The molecule has 0 spiro atoms. The third-order valence-corrected chi connectivity index (χ3v) is 6.53. The quantitative estimate of drug-likeness (QED) is 0.148. The molecule has 0 radical (unpaired) electrons. The average molecular weight is 617 g/mol. The fourth-order valence-electron chi connectivity index (χ4n) is 4.12. The Labute approximate surface area is 266 Å². The van der Waals surface area contributed by atoms with Gasteiger partial charge in [-0.2, -0.15) is 0 Å². The number of para-hydroxylation sites is 2. The Kier molecular flexibility index (Phi) is 15.2. The molecule has 0 bridgehead atoms. The van der Waals surface area contributed by atoms with Crippen molar-refractivity contribution in [3.05, 3.63) is 114 Å². The number of phenolic OH excluding ortho intramolecular Hbond substituents is 4. The summed E-state index contributed by atoms with van der Waals surface area (Å²) in [5, 5.41) is 38.7. The summed E-state index contributed by atoms with van der Waals surface area (Å²) in [6.07, 6.45) is 3.59. The van der Waals surface area contributed by atoms with Crippen molar-refractivity contribution in [2.45, 2.75) is 20.8 Å². The molecule has 0 saturated heterocycles. The molecule has 4 aromatic rings. The number of rotatable bonds is 9. The van der Waals surface area contributed by atoms with Crippen LogP contribution in [0.5, 0.6) is 46.0 Å². The Balaban J connectivity index is 0.000000362. The third kappa shape index (κ3) is 9.76. The maximum absolute atomic E-state index is 10.1. The zero-order valence-corrected chi connectivity index (χ0v) is 25.8. The van der Waals surface area contributed by atoms with Crippen LogP contribution < -0.4 is 18.9 Å². The summed E-state index contributed by atoms with van der Waals surface area (Å²) in [6, 6.07) is 19.0. The van der Waals surface area contributed by atoms with E-state index in [1.807, 2.05) is 37.3 Å². The van der Waals surface area contributed by atoms with Crippen molar-refractivity contribution in [3.63, 3.8) is 0 Å². The van der Waals surface area contributed by atoms with Crippen LogP contribution in [0.3, 0.4) is 0 Å². The molecule has 4 N–H and O–H groups in total. The SMILES string of the molecule is C.C=C(Cc1ccccc1O)c1cc(OC)c(OC)cc1O.C=Cc1c(O)ccc(OC)c1OC.C=Cc1cccc(C)c1O. The van der Waals surface area contributed by atoms with Gasteiger partial charge in [0, 0.05) is 23.6 Å². The lowest BCUT2D eigenvalue weighted by atomic mass is 9.98. The van der Waals surface area contributed by atoms with Crippen molar-refractivity contribution in [3.8, 4) is 46.0 Å². The Bertz CT molecular complexity index is 1590. The Hall–Kier alpha value is -5.50. The molecule has 0 aliphatic heterocycles. The van der Waals surface area contributed by atoms with Gasteiger partial charge in [-0.05, 0) is 47.9 Å². The van der Waals surface area contributed by atoms with Gasteiger partial charge in [0.1, 0.15) is 23.0 Å². The van der Waals surface area contributed by atoms with Crippen LogP contribution >= 0.6 is 0 Å². The summed E-state index contributed by atoms with van der Waals surface area (Å²) in [6.45, 7) is 13.0. The van der Waals surface area contributed by atoms with Crippen LogP contribution in [-0.4, -0.2) is 48.9 Å². The minimum absolute atomic E-state index is 0. The number of ether oxygens (including phenoxy) is 4. The number of allylic oxidation sites excluding steroid dienone is 1. The zero-order chi connectivity index (χ0) is 32.8. The number of phenols is 4. The van der Waals surface area contributed by atoms with Gasteiger partial charge < -0.3 is 39.4 Å². The minimum atomic E-state index is 0. The maximum atomic E-state index is 10.1. The first-order valence-corrected chi connectivity index (χ1v) is 13.4. The molecular formula is C37H44O8. The summed E-state index contributed by atoms with van der Waals surface area (Å²) in [7, 11) is 6.10. The summed E-state index contributed by atoms with van der Waals surface area (Å²) in [4.78, 5) is 0. The molecule has 0 aliphatic rings. The van der Waals surface area contributed by atoms with E-state index in [0.29, 0.717) is 51.9 Å². The van der Waals surface area contributed by atoms with Crippen LogP contribution in [-0.2, 0) is 6.42 Å². The molecule has 8 heteroatoms. The van der Waals surface area contributed by atoms with E-state index in [9.17, 15) is 20.4 Å². The smallest absolute Gasteiger partial charge is 0.171 e. The van der Waals surface area contributed by atoms with Crippen LogP contribution in [0.1, 0.15) is 35.2 Å². The highest BCUT2D eigenvalue weighted by Gasteiger charge is 2.14. The molecule has 0 atom stereocenters. The number of hydrogen-bond donors (Lipinski definition) is 4. The second-order valence-corrected chi connectivity index (χ2v) is 9.29. The number of hydrogen-bond acceptors (Lipinski definition) is 8. The third-order valence-electron chi connectivity index (χ3n) is 6.53. The van der Waals surface area contributed by atoms with Crippen LogP contribution in [0, 0.1) is 6.92 Å². The number of aromatic hydroxyl groups is 4. The summed E-state index contributed by atoms with van der Waals surface area (Å²) < 4.78 is 20.5. The Morgan fingerprint density at radius 3 is 1.84 bits per heavy atom. The van der Waals surface area contributed by atoms with Crippen molar-refractivity contribution in [1.82, 2.24) is 0 Å². The zero-order valence-electron chi connectivity index (χ0n) is 25.8. The van der Waals surface area contributed by atoms with Gasteiger partial charge in [-0.15, -0.1) is 0 Å². The first kappa shape index (κ1) is 37.5. The fourth-order valence-corrected chi connectivity index (χ4v) is 4.12. The van der Waals surface area contributed by atoms with Gasteiger partial charge in [-0.3, -0.25) is 0 Å². The summed E-state index contributed by atoms with van der Waals surface area (Å²) in [5.41, 5.74) is 4.21. The van der Waals surface area contributed by atoms with E-state index in [1.165, 1.54) is 33.5 Å². The first-order chi connectivity index (χ1) is 21.1. The van der Waals surface area contributed by atoms with Gasteiger partial charge in [-0.25, -0.2) is 0 Å². The van der Waals surface area contributed by atoms with E-state index < -0.39 is 0 Å². The van der Waals surface area contributed by atoms with Crippen molar-refractivity contribution >= 4 is 17.7 Å². The highest BCUT2D eigenvalue weighted by molar-refractivity contribution is 5.73. The molecule has 4 rings (SSSR count). The van der Waals surface area contributed by atoms with Crippen LogP contribution in [0.4, 0.5) is 0 Å². The maximum Gasteiger partial charge on any atom is 0.171 e. The average Bonchev–Trinajstić information content (AvgIpc) is 3.03. The molecule has 0 aliphatic carbocycles. The van der Waals surface area contributed by atoms with E-state index >= 15 is 0 Å². The topological polar surface area (TPSA) is 118 Å². The van der Waals surface area contributed by atoms with E-state index in [4.69, 9.17) is 18.9 Å². The van der Waals surface area contributed by atoms with Gasteiger partial charge in [0.05, 0.1) is 34.0 Å². The molecule has 0 unspecified atom stereocenters. The molecule has 0 heterocycles. The van der Waals surface area contributed by atoms with Crippen molar-refractivity contribution in [2.24, 2.45) is 0 Å². The summed E-state index contributed by atoms with van der Waals surface area (Å²) in [5.74, 6) is 2.78. The molecule has 8 nitrogen and oxygen atoms in total. The largest absolute Gasteiger partial charge is 0.508 e. The molecule has 0 saturated carbocycles. The monoisotopic (exact) mass is 616 g/mol. The molecule has 0 fully saturated rings. The molecule has 4 aromatic carbocycles. The van der Waals surface area contributed by atoms with Gasteiger partial charge in [0.2, 0.25) is 0 Å². The normalized spacial score (nSPS) is 9.53. The number of methoxy groups -OCH3 is 4. The standard InChI is InChI=1S/C17H18O4.C10H12O3.C9H10O.CH4/c1-11(8-12-6-4-5-7-14(12)18)13-9-16(20-2)17(21-3)10-15(13)19;1-4-7-8(11)5-6-9(12-2)10(7)13-3;1-3-8-6-4-5-7(2)9(8)10;/h4-7,9-10,18-19H,1,8H2,2-3H3;4-6,11H,1H2,2-3H3;3-6,10H,1H2,2H3;1H4. The highest BCUT2D eigenvalue weighted by atomic mass is 16.5. The highest BCUT2D eigenvalue weighted by Crippen LogP contribution is 2.39. The van der Waals surface area contributed by atoms with Crippen molar-refractivity contribution < 1.29 is 39.4 Å². The lowest BCUT2D eigenvalue weighted by Gasteiger charge is -2.14. The second kappa shape index (κ2) is 18.2. The van der Waals surface area contributed by atoms with Gasteiger partial charge in [0.25, 0.3) is 0 Å². The van der Waals surface area contributed by atoms with Crippen molar-refractivity contribution in [1.29, 1.82) is 0 Å². The lowest BCUT2D eigenvalue weighted by Crippen LogP contribution is -1.95. The first-order valence-electron chi connectivity index (χ1n) is 13.4. The van der Waals surface area contributed by atoms with Crippen LogP contribution in [0.2, 0.25) is 0 Å². The lowest BCUT2D eigenvalue weighted by molar-refractivity contribution is 0.350. The van der Waals surface area contributed by atoms with E-state index in [1.54, 1.807) is 43.5 Å². The summed E-state index contributed by atoms with van der Waals surface area (Å²) >= 11 is 0. The molecule has 0 aromatic heterocycles. The van der Waals surface area contributed by atoms with Gasteiger partial charge in [0.15, 0.2) is 23.0 Å². The Morgan fingerprint density at radius 1 is 0.689 bits per heavy atom. The fraction of sp³-hybridized carbons (Fsp3) is 0.189. The molecule has 240 valence electrons. The number of benzene rings is 4. The van der Waals surface area contributed by atoms with Crippen molar-refractivity contribution in [2.75, 3.05) is 28.4 Å². The predicted octanol–water partition coefficient (Wildman–Crippen LogP) is 8.40. The predicted molar refractivity (Wildman–Crippen MR) is 183 cm³/mol. The molecular weight excluding hydrogens is 572 g/mol. The minimum Gasteiger partial charge on any atom is -0.508 e. The number of aryl methyl sites for hydroxylation is 1. The van der Waals surface area contributed by atoms with Gasteiger partial charge in [-0.1, -0.05) is 75.7 Å². The van der Waals surface area contributed by atoms with E-state index in [2.05, 4.69) is 19.7 Å². The van der Waals surface area contributed by atoms with Gasteiger partial charge >= 0.3 is 0 Å². The van der Waals surface area contributed by atoms with E-state index in [0.717, 1.165) is 16.7 Å². The van der Waals surface area contributed by atoms with E-state index in [-0.39, 0.29) is 24.7 Å².